The molecule has 6 nitrogen and oxygen atoms in total. The van der Waals surface area contributed by atoms with E-state index >= 15 is 4.39 Å². The molecule has 0 radical (unpaired) electrons. The van der Waals surface area contributed by atoms with Gasteiger partial charge in [0.1, 0.15) is 5.04 Å². The summed E-state index contributed by atoms with van der Waals surface area (Å²) in [5.74, 6) is -0.529. The lowest BCUT2D eigenvalue weighted by Gasteiger charge is -2.28. The zero-order chi connectivity index (χ0) is 21.5. The van der Waals surface area contributed by atoms with Crippen LogP contribution in [0.25, 0.3) is 0 Å². The fourth-order valence-corrected chi connectivity index (χ4v) is 3.25. The molecular weight excluding hydrogens is 381 g/mol. The maximum Gasteiger partial charge on any atom is 0.434 e. The van der Waals surface area contributed by atoms with Gasteiger partial charge in [-0.2, -0.15) is 4.99 Å². The lowest BCUT2D eigenvalue weighted by atomic mass is 9.94. The second-order valence-corrected chi connectivity index (χ2v) is 8.26. The number of halogens is 1. The van der Waals surface area contributed by atoms with Gasteiger partial charge in [0.2, 0.25) is 0 Å². The van der Waals surface area contributed by atoms with Crippen molar-refractivity contribution in [2.24, 2.45) is 10.4 Å². The minimum absolute atomic E-state index is 0.0526. The number of ether oxygens (including phenoxy) is 2. The largest absolute Gasteiger partial charge is 0.490 e. The molecule has 0 bridgehead atoms. The van der Waals surface area contributed by atoms with Crippen LogP contribution in [0.5, 0.6) is 5.75 Å². The third-order valence-electron chi connectivity index (χ3n) is 3.91. The van der Waals surface area contributed by atoms with E-state index in [1.54, 1.807) is 18.4 Å². The van der Waals surface area contributed by atoms with E-state index in [0.29, 0.717) is 13.0 Å². The van der Waals surface area contributed by atoms with Crippen LogP contribution in [0.4, 0.5) is 9.18 Å². The van der Waals surface area contributed by atoms with Crippen LogP contribution in [0.3, 0.4) is 0 Å². The van der Waals surface area contributed by atoms with Gasteiger partial charge in [-0.3, -0.25) is 5.41 Å². The van der Waals surface area contributed by atoms with Gasteiger partial charge in [-0.25, -0.2) is 9.18 Å². The lowest BCUT2D eigenvalue weighted by molar-refractivity contribution is 0.137. The summed E-state index contributed by atoms with van der Waals surface area (Å²) >= 11 is 1.08. The molecule has 1 amide bonds. The minimum Gasteiger partial charge on any atom is -0.490 e. The van der Waals surface area contributed by atoms with Gasteiger partial charge in [-0.15, -0.1) is 11.8 Å². The van der Waals surface area contributed by atoms with Gasteiger partial charge in [0, 0.05) is 17.5 Å². The van der Waals surface area contributed by atoms with Crippen molar-refractivity contribution < 1.29 is 18.7 Å². The summed E-state index contributed by atoms with van der Waals surface area (Å²) in [5, 5.41) is 8.43. The lowest BCUT2D eigenvalue weighted by Crippen LogP contribution is -2.33. The summed E-state index contributed by atoms with van der Waals surface area (Å²) in [5.41, 5.74) is 0.530. The van der Waals surface area contributed by atoms with Crippen molar-refractivity contribution in [1.29, 1.82) is 5.41 Å². The number of benzene rings is 1. The van der Waals surface area contributed by atoms with Crippen LogP contribution in [0, 0.1) is 16.6 Å². The molecule has 0 unspecified atom stereocenters. The number of hydrogen-bond donors (Lipinski definition) is 1. The number of carbonyl (C=O) groups is 1. The van der Waals surface area contributed by atoms with Crippen molar-refractivity contribution >= 4 is 28.6 Å². The predicted molar refractivity (Wildman–Crippen MR) is 114 cm³/mol. The zero-order valence-electron chi connectivity index (χ0n) is 17.7. The average molecular weight is 412 g/mol. The van der Waals surface area contributed by atoms with E-state index < -0.39 is 11.9 Å². The number of nitrogens with one attached hydrogen (secondary N) is 1. The Morgan fingerprint density at radius 2 is 2.00 bits per heavy atom. The van der Waals surface area contributed by atoms with Crippen molar-refractivity contribution in [2.45, 2.75) is 27.2 Å². The first-order valence-corrected chi connectivity index (χ1v) is 10.2. The molecule has 0 saturated carbocycles. The second-order valence-electron chi connectivity index (χ2n) is 7.47. The van der Waals surface area contributed by atoms with Crippen LogP contribution in [0.1, 0.15) is 31.9 Å². The van der Waals surface area contributed by atoms with Crippen molar-refractivity contribution in [2.75, 3.05) is 40.6 Å². The molecule has 8 heteroatoms. The van der Waals surface area contributed by atoms with Gasteiger partial charge < -0.3 is 14.4 Å². The fraction of sp³-hybridized carbons (Fsp3) is 0.550. The smallest absolute Gasteiger partial charge is 0.434 e. The molecular formula is C20H30FN3O3S. The molecule has 1 aromatic rings. The molecule has 1 N–H and O–H groups in total. The molecule has 0 aliphatic rings. The minimum atomic E-state index is -0.830. The first-order chi connectivity index (χ1) is 13.0. The molecule has 0 fully saturated rings. The third kappa shape index (κ3) is 6.91. The summed E-state index contributed by atoms with van der Waals surface area (Å²) in [6.45, 7) is 7.15. The maximum atomic E-state index is 15.1. The highest BCUT2D eigenvalue weighted by Gasteiger charge is 2.23. The van der Waals surface area contributed by atoms with Gasteiger partial charge >= 0.3 is 6.09 Å². The van der Waals surface area contributed by atoms with Gasteiger partial charge in [0.05, 0.1) is 19.4 Å². The molecule has 156 valence electrons. The van der Waals surface area contributed by atoms with Gasteiger partial charge in [-0.1, -0.05) is 20.8 Å². The second kappa shape index (κ2) is 10.6. The number of rotatable bonds is 8. The quantitative estimate of drug-likeness (QED) is 0.511. The SMILES string of the molecule is CCc1cc(OCC(C)(C)CN(C)C)c(F)c(C(=N)C(=NC(=O)OC)SC)c1. The Kier molecular flexibility index (Phi) is 9.10. The Morgan fingerprint density at radius 1 is 1.36 bits per heavy atom. The van der Waals surface area contributed by atoms with E-state index in [1.165, 1.54) is 7.11 Å². The summed E-state index contributed by atoms with van der Waals surface area (Å²) in [7, 11) is 5.15. The standard InChI is InChI=1S/C20H30FN3O3S/c1-8-13-9-14(17(22)18(28-7)23-19(25)26-6)16(21)15(10-13)27-12-20(2,3)11-24(4)5/h9-10,22H,8,11-12H2,1-7H3. The number of nitrogens with zero attached hydrogens (tertiary/aromatic N) is 2. The molecule has 1 aromatic carbocycles. The molecule has 0 aliphatic carbocycles. The summed E-state index contributed by atoms with van der Waals surface area (Å²) in [4.78, 5) is 17.2. The van der Waals surface area contributed by atoms with Crippen molar-refractivity contribution in [3.05, 3.63) is 29.1 Å². The molecule has 1 rings (SSSR count). The zero-order valence-corrected chi connectivity index (χ0v) is 18.5. The van der Waals surface area contributed by atoms with Crippen LogP contribution in [0.15, 0.2) is 17.1 Å². The highest BCUT2D eigenvalue weighted by Crippen LogP contribution is 2.27. The summed E-state index contributed by atoms with van der Waals surface area (Å²) < 4.78 is 25.5. The van der Waals surface area contributed by atoms with E-state index in [4.69, 9.17) is 10.1 Å². The highest BCUT2D eigenvalue weighted by atomic mass is 32.2. The Morgan fingerprint density at radius 3 is 2.50 bits per heavy atom. The Balaban J connectivity index is 3.25. The van der Waals surface area contributed by atoms with E-state index in [-0.39, 0.29) is 27.5 Å². The molecule has 0 aliphatic heterocycles. The van der Waals surface area contributed by atoms with Crippen molar-refractivity contribution in [3.8, 4) is 5.75 Å². The first kappa shape index (κ1) is 24.1. The average Bonchev–Trinajstić information content (AvgIpc) is 2.63. The topological polar surface area (TPSA) is 75.0 Å². The monoisotopic (exact) mass is 411 g/mol. The van der Waals surface area contributed by atoms with E-state index in [1.807, 2.05) is 34.9 Å². The van der Waals surface area contributed by atoms with E-state index in [0.717, 1.165) is 23.9 Å². The van der Waals surface area contributed by atoms with E-state index in [9.17, 15) is 4.79 Å². The van der Waals surface area contributed by atoms with Crippen LogP contribution in [0.2, 0.25) is 0 Å². The molecule has 28 heavy (non-hydrogen) atoms. The number of amides is 1. The normalized spacial score (nSPS) is 12.2. The van der Waals surface area contributed by atoms with Crippen LogP contribution < -0.4 is 4.74 Å². The first-order valence-electron chi connectivity index (χ1n) is 8.94. The van der Waals surface area contributed by atoms with Gasteiger partial charge in [0.15, 0.2) is 11.6 Å². The molecule has 0 saturated heterocycles. The number of thioether (sulfide) groups is 1. The highest BCUT2D eigenvalue weighted by molar-refractivity contribution is 8.15. The van der Waals surface area contributed by atoms with Gasteiger partial charge in [0.25, 0.3) is 0 Å². The van der Waals surface area contributed by atoms with Gasteiger partial charge in [-0.05, 0) is 44.5 Å². The Hall–Kier alpha value is -1.93. The van der Waals surface area contributed by atoms with Crippen LogP contribution >= 0.6 is 11.8 Å². The molecule has 0 spiro atoms. The number of methoxy groups -OCH3 is 1. The van der Waals surface area contributed by atoms with Crippen LogP contribution in [-0.2, 0) is 11.2 Å². The predicted octanol–water partition coefficient (Wildman–Crippen LogP) is 4.25. The summed E-state index contributed by atoms with van der Waals surface area (Å²) in [6.07, 6.45) is 1.49. The molecule has 0 aromatic heterocycles. The maximum absolute atomic E-state index is 15.1. The number of aryl methyl sites for hydroxylation is 1. The fourth-order valence-electron chi connectivity index (χ4n) is 2.77. The van der Waals surface area contributed by atoms with Crippen molar-refractivity contribution in [1.82, 2.24) is 4.90 Å². The third-order valence-corrected chi connectivity index (χ3v) is 4.60. The Labute approximate surface area is 171 Å². The van der Waals surface area contributed by atoms with E-state index in [2.05, 4.69) is 14.6 Å². The molecule has 0 atom stereocenters. The van der Waals surface area contributed by atoms with Crippen molar-refractivity contribution in [3.63, 3.8) is 0 Å². The number of carbonyl (C=O) groups excluding carboxylic acids is 1. The van der Waals surface area contributed by atoms with Crippen LogP contribution in [-0.4, -0.2) is 62.4 Å². The molecule has 0 heterocycles. The number of hydrogen-bond acceptors (Lipinski definition) is 6. The Bertz CT molecular complexity index is 748. The number of aliphatic imine (C=N–C) groups is 1. The summed E-state index contributed by atoms with van der Waals surface area (Å²) in [6, 6.07) is 3.26.